The number of nitrogens with one attached hydrogen (secondary N) is 1. The first kappa shape index (κ1) is 15.5. The number of nitro benzene ring substituents is 1. The monoisotopic (exact) mass is 353 g/mol. The molecule has 0 atom stereocenters. The Labute approximate surface area is 146 Å². The average Bonchev–Trinajstić information content (AvgIpc) is 2.47. The third kappa shape index (κ3) is 3.43. The minimum atomic E-state index is -0.421. The normalized spacial score (nSPS) is 9.90. The van der Waals surface area contributed by atoms with Crippen molar-refractivity contribution in [1.82, 2.24) is 4.98 Å². The van der Waals surface area contributed by atoms with Crippen LogP contribution in [0.2, 0.25) is 0 Å². The predicted molar refractivity (Wildman–Crippen MR) is 77.0 cm³/mol. The van der Waals surface area contributed by atoms with Gasteiger partial charge in [-0.3, -0.25) is 15.1 Å². The summed E-state index contributed by atoms with van der Waals surface area (Å²) in [5.41, 5.74) is 1.16. The van der Waals surface area contributed by atoms with Crippen molar-refractivity contribution in [2.45, 2.75) is 0 Å². The molecule has 1 aromatic heterocycles. The zero-order chi connectivity index (χ0) is 13.9. The summed E-state index contributed by atoms with van der Waals surface area (Å²) in [4.78, 5) is 14.9. The van der Waals surface area contributed by atoms with Gasteiger partial charge in [-0.1, -0.05) is 12.1 Å². The minimum Gasteiger partial charge on any atom is -0.335 e. The van der Waals surface area contributed by atoms with Crippen molar-refractivity contribution in [2.24, 2.45) is 0 Å². The summed E-state index contributed by atoms with van der Waals surface area (Å²) in [6.07, 6.45) is 0. The smallest absolute Gasteiger partial charge is 0.292 e. The predicted octanol–water partition coefficient (Wildman–Crippen LogP) is 3.68. The first-order valence-electron chi connectivity index (χ1n) is 6.02. The third-order valence-electron chi connectivity index (χ3n) is 2.88. The second-order valence-electron chi connectivity index (χ2n) is 4.20. The molecule has 0 fully saturated rings. The van der Waals surface area contributed by atoms with Crippen molar-refractivity contribution in [3.63, 3.8) is 0 Å². The Bertz CT molecular complexity index is 792. The summed E-state index contributed by atoms with van der Waals surface area (Å²) in [5, 5.41) is 14.9. The standard InChI is InChI=1S/C15H10N3O2.Y/c19-18(20)14-8-4-3-7-13(14)17-15-10-9-11-5-1-2-6-12(11)16-15;/h1-5,7-10H,(H,16,17);/q-1;. The van der Waals surface area contributed by atoms with Crippen molar-refractivity contribution in [2.75, 3.05) is 5.32 Å². The number of para-hydroxylation sites is 3. The van der Waals surface area contributed by atoms with E-state index in [4.69, 9.17) is 0 Å². The van der Waals surface area contributed by atoms with E-state index in [1.54, 1.807) is 30.3 Å². The number of hydrogen-bond acceptors (Lipinski definition) is 4. The molecule has 0 spiro atoms. The van der Waals surface area contributed by atoms with Gasteiger partial charge in [-0.25, -0.2) is 0 Å². The first-order valence-corrected chi connectivity index (χ1v) is 6.02. The number of aromatic nitrogens is 1. The molecule has 0 unspecified atom stereocenters. The maximum atomic E-state index is 11.0. The second-order valence-corrected chi connectivity index (χ2v) is 4.20. The number of rotatable bonds is 3. The first-order chi connectivity index (χ1) is 9.74. The number of anilines is 2. The van der Waals surface area contributed by atoms with Crippen LogP contribution in [0, 0.1) is 16.2 Å². The van der Waals surface area contributed by atoms with Crippen LogP contribution in [0.15, 0.2) is 54.6 Å². The van der Waals surface area contributed by atoms with Crippen LogP contribution in [-0.2, 0) is 32.7 Å². The molecule has 1 heterocycles. The Morgan fingerprint density at radius 2 is 1.90 bits per heavy atom. The molecule has 6 heteroatoms. The van der Waals surface area contributed by atoms with E-state index in [1.807, 2.05) is 18.2 Å². The molecule has 2 aromatic carbocycles. The van der Waals surface area contributed by atoms with E-state index >= 15 is 0 Å². The van der Waals surface area contributed by atoms with Gasteiger partial charge in [0.1, 0.15) is 11.5 Å². The zero-order valence-corrected chi connectivity index (χ0v) is 13.8. The van der Waals surface area contributed by atoms with Crippen LogP contribution in [-0.4, -0.2) is 9.91 Å². The van der Waals surface area contributed by atoms with Gasteiger partial charge in [0, 0.05) is 38.8 Å². The molecule has 1 N–H and O–H groups in total. The van der Waals surface area contributed by atoms with Crippen molar-refractivity contribution < 1.29 is 37.6 Å². The van der Waals surface area contributed by atoms with Gasteiger partial charge in [-0.2, -0.15) is 24.3 Å². The maximum Gasteiger partial charge on any atom is 0.292 e. The van der Waals surface area contributed by atoms with Crippen LogP contribution in [0.1, 0.15) is 0 Å². The van der Waals surface area contributed by atoms with E-state index in [1.165, 1.54) is 6.07 Å². The van der Waals surface area contributed by atoms with E-state index in [0.29, 0.717) is 11.5 Å². The largest absolute Gasteiger partial charge is 0.335 e. The average molecular weight is 353 g/mol. The molecule has 0 bridgehead atoms. The number of nitro groups is 1. The summed E-state index contributed by atoms with van der Waals surface area (Å²) < 4.78 is 0. The number of fused-ring (bicyclic) bond motifs is 1. The zero-order valence-electron chi connectivity index (χ0n) is 11.0. The Balaban J connectivity index is 0.00000161. The summed E-state index contributed by atoms with van der Waals surface area (Å²) in [6.45, 7) is 0. The molecule has 0 saturated heterocycles. The number of hydrogen-bond donors (Lipinski definition) is 1. The molecular weight excluding hydrogens is 343 g/mol. The van der Waals surface area contributed by atoms with Crippen LogP contribution in [0.25, 0.3) is 10.9 Å². The summed E-state index contributed by atoms with van der Waals surface area (Å²) in [6, 6.07) is 18.8. The van der Waals surface area contributed by atoms with Gasteiger partial charge in [0.25, 0.3) is 5.69 Å². The van der Waals surface area contributed by atoms with E-state index in [-0.39, 0.29) is 38.4 Å². The van der Waals surface area contributed by atoms with E-state index in [0.717, 1.165) is 10.9 Å². The van der Waals surface area contributed by atoms with Crippen LogP contribution in [0.3, 0.4) is 0 Å². The molecule has 0 aliphatic heterocycles. The van der Waals surface area contributed by atoms with Gasteiger partial charge in [0.15, 0.2) is 0 Å². The molecule has 5 nitrogen and oxygen atoms in total. The van der Waals surface area contributed by atoms with Gasteiger partial charge >= 0.3 is 0 Å². The number of pyridine rings is 1. The molecule has 3 rings (SSSR count). The molecule has 1 radical (unpaired) electrons. The van der Waals surface area contributed by atoms with E-state index in [9.17, 15) is 10.1 Å². The van der Waals surface area contributed by atoms with E-state index in [2.05, 4.69) is 16.4 Å². The molecule has 21 heavy (non-hydrogen) atoms. The quantitative estimate of drug-likeness (QED) is 0.443. The summed E-state index contributed by atoms with van der Waals surface area (Å²) in [7, 11) is 0. The van der Waals surface area contributed by atoms with Crippen LogP contribution < -0.4 is 5.32 Å². The fourth-order valence-electron chi connectivity index (χ4n) is 1.94. The summed E-state index contributed by atoms with van der Waals surface area (Å²) in [5.74, 6) is 0.550. The Morgan fingerprint density at radius 3 is 2.71 bits per heavy atom. The van der Waals surface area contributed by atoms with Gasteiger partial charge in [-0.15, -0.1) is 11.5 Å². The molecule has 3 aromatic rings. The number of nitrogens with zero attached hydrogens (tertiary/aromatic N) is 2. The van der Waals surface area contributed by atoms with Crippen molar-refractivity contribution in [1.29, 1.82) is 0 Å². The van der Waals surface area contributed by atoms with E-state index < -0.39 is 4.92 Å². The SMILES string of the molecule is O=[N+]([O-])c1ccccc1Nc1ccc2ccc[c-]c2n1.[Y]. The molecule has 0 saturated carbocycles. The van der Waals surface area contributed by atoms with Gasteiger partial charge in [0.2, 0.25) is 0 Å². The fourth-order valence-corrected chi connectivity index (χ4v) is 1.94. The Hall–Kier alpha value is -1.85. The van der Waals surface area contributed by atoms with Gasteiger partial charge < -0.3 is 5.32 Å². The number of benzene rings is 2. The maximum absolute atomic E-state index is 11.0. The Morgan fingerprint density at radius 1 is 1.10 bits per heavy atom. The van der Waals surface area contributed by atoms with Gasteiger partial charge in [-0.05, 0) is 17.6 Å². The molecule has 0 amide bonds. The Kier molecular flexibility index (Phi) is 4.99. The fraction of sp³-hybridized carbons (Fsp3) is 0. The van der Waals surface area contributed by atoms with Crippen molar-refractivity contribution in [3.05, 3.63) is 70.8 Å². The molecular formula is C15H10N3O2Y-. The molecule has 0 aliphatic rings. The summed E-state index contributed by atoms with van der Waals surface area (Å²) >= 11 is 0. The van der Waals surface area contributed by atoms with Crippen LogP contribution in [0.4, 0.5) is 17.2 Å². The minimum absolute atomic E-state index is 0. The molecule has 101 valence electrons. The van der Waals surface area contributed by atoms with Gasteiger partial charge in [0.05, 0.1) is 4.92 Å². The topological polar surface area (TPSA) is 68.1 Å². The van der Waals surface area contributed by atoms with Crippen molar-refractivity contribution >= 4 is 28.1 Å². The van der Waals surface area contributed by atoms with Crippen LogP contribution >= 0.6 is 0 Å². The molecule has 0 aliphatic carbocycles. The third-order valence-corrected chi connectivity index (χ3v) is 2.88. The van der Waals surface area contributed by atoms with Crippen LogP contribution in [0.5, 0.6) is 0 Å². The van der Waals surface area contributed by atoms with Crippen molar-refractivity contribution in [3.8, 4) is 0 Å². The second kappa shape index (κ2) is 6.74.